The second kappa shape index (κ2) is 9.42. The number of benzene rings is 2. The van der Waals surface area contributed by atoms with Crippen LogP contribution in [0.3, 0.4) is 0 Å². The molecule has 0 bridgehead atoms. The van der Waals surface area contributed by atoms with Gasteiger partial charge >= 0.3 is 0 Å². The molecule has 0 fully saturated rings. The Kier molecular flexibility index (Phi) is 6.99. The summed E-state index contributed by atoms with van der Waals surface area (Å²) >= 11 is 0. The van der Waals surface area contributed by atoms with E-state index in [4.69, 9.17) is 9.47 Å². The van der Waals surface area contributed by atoms with Crippen LogP contribution in [0.2, 0.25) is 0 Å². The number of nitro groups is 1. The Labute approximate surface area is 157 Å². The third kappa shape index (κ3) is 5.34. The van der Waals surface area contributed by atoms with Gasteiger partial charge in [0.2, 0.25) is 5.91 Å². The van der Waals surface area contributed by atoms with Crippen molar-refractivity contribution in [3.05, 3.63) is 58.1 Å². The number of nitrogens with one attached hydrogen (secondary N) is 2. The van der Waals surface area contributed by atoms with Crippen molar-refractivity contribution in [2.75, 3.05) is 26.1 Å². The number of hydrogen-bond donors (Lipinski definition) is 2. The summed E-state index contributed by atoms with van der Waals surface area (Å²) in [7, 11) is 3.13. The van der Waals surface area contributed by atoms with E-state index >= 15 is 0 Å². The molecule has 0 radical (unpaired) electrons. The number of nitrogens with zero attached hydrogens (tertiary/aromatic N) is 1. The number of ether oxygens (including phenoxy) is 2. The van der Waals surface area contributed by atoms with E-state index < -0.39 is 4.92 Å². The number of carbonyl (C=O) groups is 1. The molecule has 0 saturated heterocycles. The van der Waals surface area contributed by atoms with Crippen molar-refractivity contribution in [2.24, 2.45) is 0 Å². The fourth-order valence-corrected chi connectivity index (χ4v) is 2.66. The Morgan fingerprint density at radius 3 is 2.59 bits per heavy atom. The number of anilines is 1. The Balaban J connectivity index is 1.92. The molecule has 2 rings (SSSR count). The number of methoxy groups -OCH3 is 2. The zero-order valence-electron chi connectivity index (χ0n) is 15.5. The van der Waals surface area contributed by atoms with Crippen molar-refractivity contribution in [3.8, 4) is 11.5 Å². The van der Waals surface area contributed by atoms with E-state index in [1.54, 1.807) is 44.6 Å². The van der Waals surface area contributed by atoms with Crippen molar-refractivity contribution in [2.45, 2.75) is 19.4 Å². The van der Waals surface area contributed by atoms with Crippen LogP contribution in [0.25, 0.3) is 0 Å². The molecule has 1 amide bonds. The minimum Gasteiger partial charge on any atom is -0.497 e. The number of rotatable bonds is 9. The van der Waals surface area contributed by atoms with Crippen LogP contribution in [0.15, 0.2) is 42.5 Å². The first-order chi connectivity index (χ1) is 13.0. The van der Waals surface area contributed by atoms with Gasteiger partial charge < -0.3 is 20.1 Å². The van der Waals surface area contributed by atoms with Crippen LogP contribution in [0.1, 0.15) is 24.9 Å². The highest BCUT2D eigenvalue weighted by Gasteiger charge is 2.16. The van der Waals surface area contributed by atoms with Crippen LogP contribution in [-0.4, -0.2) is 31.6 Å². The Morgan fingerprint density at radius 2 is 1.93 bits per heavy atom. The van der Waals surface area contributed by atoms with Gasteiger partial charge in [-0.25, -0.2) is 0 Å². The maximum atomic E-state index is 12.2. The lowest BCUT2D eigenvalue weighted by atomic mass is 10.1. The second-order valence-electron chi connectivity index (χ2n) is 5.85. The number of hydrogen-bond acceptors (Lipinski definition) is 6. The average Bonchev–Trinajstić information content (AvgIpc) is 2.67. The van der Waals surface area contributed by atoms with E-state index in [9.17, 15) is 14.9 Å². The molecular formula is C19H23N3O5. The van der Waals surface area contributed by atoms with Crippen molar-refractivity contribution in [1.82, 2.24) is 5.32 Å². The van der Waals surface area contributed by atoms with Gasteiger partial charge in [-0.1, -0.05) is 12.1 Å². The second-order valence-corrected chi connectivity index (χ2v) is 5.85. The van der Waals surface area contributed by atoms with Crippen LogP contribution in [0.5, 0.6) is 11.5 Å². The molecule has 0 heterocycles. The molecule has 2 aromatic carbocycles. The summed E-state index contributed by atoms with van der Waals surface area (Å²) in [6.07, 6.45) is 0.175. The van der Waals surface area contributed by atoms with Gasteiger partial charge in [0.05, 0.1) is 25.2 Å². The summed E-state index contributed by atoms with van der Waals surface area (Å²) in [6.45, 7) is 2.14. The maximum absolute atomic E-state index is 12.2. The topological polar surface area (TPSA) is 103 Å². The van der Waals surface area contributed by atoms with Crippen molar-refractivity contribution in [1.29, 1.82) is 0 Å². The van der Waals surface area contributed by atoms with Crippen LogP contribution in [0.4, 0.5) is 11.4 Å². The lowest BCUT2D eigenvalue weighted by molar-refractivity contribution is -0.384. The molecule has 0 spiro atoms. The van der Waals surface area contributed by atoms with E-state index in [1.165, 1.54) is 6.07 Å². The van der Waals surface area contributed by atoms with E-state index in [1.807, 2.05) is 13.0 Å². The highest BCUT2D eigenvalue weighted by Crippen LogP contribution is 2.29. The smallest absolute Gasteiger partial charge is 0.292 e. The standard InChI is InChI=1S/C19H23N3O5/c1-13(15-9-8-14(26-2)12-18(15)27-3)21-19(23)10-11-20-16-6-4-5-7-17(16)22(24)25/h4-9,12-13,20H,10-11H2,1-3H3,(H,21,23). The fourth-order valence-electron chi connectivity index (χ4n) is 2.66. The predicted molar refractivity (Wildman–Crippen MR) is 102 cm³/mol. The Morgan fingerprint density at radius 1 is 1.19 bits per heavy atom. The van der Waals surface area contributed by atoms with Gasteiger partial charge in [-0.05, 0) is 25.1 Å². The maximum Gasteiger partial charge on any atom is 0.292 e. The van der Waals surface area contributed by atoms with Crippen molar-refractivity contribution >= 4 is 17.3 Å². The quantitative estimate of drug-likeness (QED) is 0.516. The van der Waals surface area contributed by atoms with Gasteiger partial charge in [0.25, 0.3) is 5.69 Å². The van der Waals surface area contributed by atoms with E-state index in [0.29, 0.717) is 17.2 Å². The van der Waals surface area contributed by atoms with Crippen molar-refractivity contribution in [3.63, 3.8) is 0 Å². The molecule has 0 aliphatic rings. The first kappa shape index (κ1) is 20.0. The molecule has 0 aliphatic heterocycles. The molecule has 2 N–H and O–H groups in total. The summed E-state index contributed by atoms with van der Waals surface area (Å²) in [6, 6.07) is 11.5. The molecule has 8 nitrogen and oxygen atoms in total. The first-order valence-corrected chi connectivity index (χ1v) is 8.44. The Hall–Kier alpha value is -3.29. The highest BCUT2D eigenvalue weighted by molar-refractivity contribution is 5.77. The molecule has 0 aliphatic carbocycles. The summed E-state index contributed by atoms with van der Waals surface area (Å²) in [4.78, 5) is 22.7. The number of carbonyl (C=O) groups excluding carboxylic acids is 1. The van der Waals surface area contributed by atoms with Gasteiger partial charge in [0.15, 0.2) is 0 Å². The summed E-state index contributed by atoms with van der Waals surface area (Å²) < 4.78 is 10.5. The minimum atomic E-state index is -0.458. The molecule has 144 valence electrons. The fraction of sp³-hybridized carbons (Fsp3) is 0.316. The highest BCUT2D eigenvalue weighted by atomic mass is 16.6. The van der Waals surface area contributed by atoms with Gasteiger partial charge in [-0.2, -0.15) is 0 Å². The van der Waals surface area contributed by atoms with Gasteiger partial charge in [-0.3, -0.25) is 14.9 Å². The van der Waals surface area contributed by atoms with Gasteiger partial charge in [0.1, 0.15) is 17.2 Å². The zero-order valence-corrected chi connectivity index (χ0v) is 15.5. The first-order valence-electron chi connectivity index (χ1n) is 8.44. The van der Waals surface area contributed by atoms with E-state index in [-0.39, 0.29) is 30.6 Å². The van der Waals surface area contributed by atoms with Crippen LogP contribution < -0.4 is 20.1 Å². The molecule has 0 aromatic heterocycles. The lowest BCUT2D eigenvalue weighted by Gasteiger charge is -2.18. The molecule has 1 atom stereocenters. The molecule has 1 unspecified atom stereocenters. The lowest BCUT2D eigenvalue weighted by Crippen LogP contribution is -2.28. The average molecular weight is 373 g/mol. The van der Waals surface area contributed by atoms with E-state index in [2.05, 4.69) is 10.6 Å². The van der Waals surface area contributed by atoms with Crippen molar-refractivity contribution < 1.29 is 19.2 Å². The Bertz CT molecular complexity index is 810. The summed E-state index contributed by atoms with van der Waals surface area (Å²) in [5, 5.41) is 16.8. The van der Waals surface area contributed by atoms with E-state index in [0.717, 1.165) is 5.56 Å². The molecule has 8 heteroatoms. The van der Waals surface area contributed by atoms with Gasteiger partial charge in [0, 0.05) is 30.7 Å². The van der Waals surface area contributed by atoms with Crippen LogP contribution in [-0.2, 0) is 4.79 Å². The zero-order chi connectivity index (χ0) is 19.8. The third-order valence-corrected chi connectivity index (χ3v) is 4.05. The minimum absolute atomic E-state index is 0.0192. The normalized spacial score (nSPS) is 11.4. The number of nitro benzene ring substituents is 1. The largest absolute Gasteiger partial charge is 0.497 e. The van der Waals surface area contributed by atoms with Gasteiger partial charge in [-0.15, -0.1) is 0 Å². The molecule has 2 aromatic rings. The molecule has 27 heavy (non-hydrogen) atoms. The third-order valence-electron chi connectivity index (χ3n) is 4.05. The summed E-state index contributed by atoms with van der Waals surface area (Å²) in [5.74, 6) is 1.12. The number of amides is 1. The molecular weight excluding hydrogens is 350 g/mol. The SMILES string of the molecule is COc1ccc(C(C)NC(=O)CCNc2ccccc2[N+](=O)[O-])c(OC)c1. The van der Waals surface area contributed by atoms with Crippen LogP contribution in [0, 0.1) is 10.1 Å². The predicted octanol–water partition coefficient (Wildman–Crippen LogP) is 3.29. The summed E-state index contributed by atoms with van der Waals surface area (Å²) in [5.41, 5.74) is 1.20. The molecule has 0 saturated carbocycles. The monoisotopic (exact) mass is 373 g/mol. The van der Waals surface area contributed by atoms with Crippen LogP contribution >= 0.6 is 0 Å². The number of para-hydroxylation sites is 2.